The Hall–Kier alpha value is -0.780. The average molecular weight is 303 g/mol. The van der Waals surface area contributed by atoms with Gasteiger partial charge in [-0.15, -0.1) is 0 Å². The number of hydrogen-bond acceptors (Lipinski definition) is 0. The standard InChI is InChI=1S/C22H38/c1-7-9-11-16-20(19-14-12-10-13-15-19)17-22(5,6)18-21(3,4)8-2/h10,12-15,20H,7-9,11,16-18H2,1-6H3. The predicted molar refractivity (Wildman–Crippen MR) is 100 cm³/mol. The van der Waals surface area contributed by atoms with Gasteiger partial charge in [-0.25, -0.2) is 0 Å². The summed E-state index contributed by atoms with van der Waals surface area (Å²) < 4.78 is 0. The molecule has 0 saturated heterocycles. The van der Waals surface area contributed by atoms with Crippen LogP contribution in [0.25, 0.3) is 0 Å². The molecule has 0 heterocycles. The summed E-state index contributed by atoms with van der Waals surface area (Å²) in [5.74, 6) is 0.718. The summed E-state index contributed by atoms with van der Waals surface area (Å²) in [6.07, 6.45) is 9.27. The van der Waals surface area contributed by atoms with E-state index in [1.165, 1.54) is 44.9 Å². The van der Waals surface area contributed by atoms with Crippen LogP contribution in [0.2, 0.25) is 0 Å². The van der Waals surface area contributed by atoms with Gasteiger partial charge in [0.1, 0.15) is 0 Å². The molecule has 0 nitrogen and oxygen atoms in total. The minimum atomic E-state index is 0.409. The van der Waals surface area contributed by atoms with E-state index in [1.807, 2.05) is 0 Å². The van der Waals surface area contributed by atoms with Crippen LogP contribution >= 0.6 is 0 Å². The number of benzene rings is 1. The first-order valence-corrected chi connectivity index (χ1v) is 9.34. The van der Waals surface area contributed by atoms with Crippen LogP contribution in [0.15, 0.2) is 30.3 Å². The third-order valence-corrected chi connectivity index (χ3v) is 5.14. The molecule has 0 aliphatic carbocycles. The van der Waals surface area contributed by atoms with E-state index >= 15 is 0 Å². The van der Waals surface area contributed by atoms with Crippen molar-refractivity contribution in [1.29, 1.82) is 0 Å². The molecule has 0 radical (unpaired) electrons. The van der Waals surface area contributed by atoms with Crippen molar-refractivity contribution in [2.24, 2.45) is 10.8 Å². The van der Waals surface area contributed by atoms with Gasteiger partial charge in [0.25, 0.3) is 0 Å². The topological polar surface area (TPSA) is 0 Å². The minimum absolute atomic E-state index is 0.409. The molecular weight excluding hydrogens is 264 g/mol. The molecule has 0 fully saturated rings. The van der Waals surface area contributed by atoms with Crippen LogP contribution in [-0.2, 0) is 0 Å². The van der Waals surface area contributed by atoms with Gasteiger partial charge in [0, 0.05) is 0 Å². The lowest BCUT2D eigenvalue weighted by Crippen LogP contribution is -2.24. The first-order valence-electron chi connectivity index (χ1n) is 9.34. The molecule has 0 heteroatoms. The number of hydrogen-bond donors (Lipinski definition) is 0. The van der Waals surface area contributed by atoms with Crippen molar-refractivity contribution in [3.63, 3.8) is 0 Å². The van der Waals surface area contributed by atoms with Crippen molar-refractivity contribution >= 4 is 0 Å². The van der Waals surface area contributed by atoms with Crippen molar-refractivity contribution in [2.75, 3.05) is 0 Å². The molecule has 0 aromatic heterocycles. The van der Waals surface area contributed by atoms with Crippen LogP contribution in [0.4, 0.5) is 0 Å². The van der Waals surface area contributed by atoms with Crippen LogP contribution in [-0.4, -0.2) is 0 Å². The van der Waals surface area contributed by atoms with Crippen molar-refractivity contribution < 1.29 is 0 Å². The second-order valence-electron chi connectivity index (χ2n) is 8.67. The van der Waals surface area contributed by atoms with Gasteiger partial charge in [0.05, 0.1) is 0 Å². The molecule has 0 aliphatic rings. The van der Waals surface area contributed by atoms with Crippen LogP contribution in [0, 0.1) is 10.8 Å². The smallest absolute Gasteiger partial charge is 0.0157 e. The lowest BCUT2D eigenvalue weighted by molar-refractivity contribution is 0.165. The van der Waals surface area contributed by atoms with Gasteiger partial charge in [0.15, 0.2) is 0 Å². The van der Waals surface area contributed by atoms with Crippen molar-refractivity contribution in [1.82, 2.24) is 0 Å². The van der Waals surface area contributed by atoms with Crippen molar-refractivity contribution in [3.8, 4) is 0 Å². The third kappa shape index (κ3) is 6.99. The molecule has 0 saturated carbocycles. The molecule has 0 amide bonds. The van der Waals surface area contributed by atoms with Gasteiger partial charge in [-0.2, -0.15) is 0 Å². The molecule has 1 unspecified atom stereocenters. The summed E-state index contributed by atoms with van der Waals surface area (Å²) >= 11 is 0. The van der Waals surface area contributed by atoms with Crippen molar-refractivity contribution in [3.05, 3.63) is 35.9 Å². The Morgan fingerprint density at radius 3 is 2.05 bits per heavy atom. The highest BCUT2D eigenvalue weighted by Crippen LogP contribution is 2.43. The molecule has 1 aromatic carbocycles. The molecule has 0 aliphatic heterocycles. The number of rotatable bonds is 10. The summed E-state index contributed by atoms with van der Waals surface area (Å²) in [5.41, 5.74) is 2.40. The summed E-state index contributed by atoms with van der Waals surface area (Å²) in [4.78, 5) is 0. The van der Waals surface area contributed by atoms with Gasteiger partial charge in [0.2, 0.25) is 0 Å². The normalized spacial score (nSPS) is 14.1. The van der Waals surface area contributed by atoms with Gasteiger partial charge >= 0.3 is 0 Å². The Balaban J connectivity index is 2.78. The zero-order valence-corrected chi connectivity index (χ0v) is 15.9. The zero-order valence-electron chi connectivity index (χ0n) is 15.9. The van der Waals surface area contributed by atoms with E-state index in [0.29, 0.717) is 10.8 Å². The van der Waals surface area contributed by atoms with Crippen molar-refractivity contribution in [2.45, 2.75) is 92.4 Å². The molecule has 0 spiro atoms. The van der Waals surface area contributed by atoms with E-state index in [1.54, 1.807) is 5.56 Å². The molecule has 1 aromatic rings. The average Bonchev–Trinajstić information content (AvgIpc) is 2.46. The summed E-state index contributed by atoms with van der Waals surface area (Å²) in [5, 5.41) is 0. The summed E-state index contributed by atoms with van der Waals surface area (Å²) in [6.45, 7) is 14.4. The Kier molecular flexibility index (Phi) is 7.66. The zero-order chi connectivity index (χ0) is 16.6. The highest BCUT2D eigenvalue weighted by atomic mass is 14.4. The maximum atomic E-state index is 2.47. The predicted octanol–water partition coefficient (Wildman–Crippen LogP) is 7.59. The van der Waals surface area contributed by atoms with E-state index in [9.17, 15) is 0 Å². The van der Waals surface area contributed by atoms with E-state index in [0.717, 1.165) is 5.92 Å². The van der Waals surface area contributed by atoms with Crippen LogP contribution < -0.4 is 0 Å². The van der Waals surface area contributed by atoms with E-state index < -0.39 is 0 Å². The van der Waals surface area contributed by atoms with E-state index in [2.05, 4.69) is 71.9 Å². The molecule has 22 heavy (non-hydrogen) atoms. The quantitative estimate of drug-likeness (QED) is 0.390. The lowest BCUT2D eigenvalue weighted by atomic mass is 9.68. The Morgan fingerprint density at radius 2 is 1.50 bits per heavy atom. The van der Waals surface area contributed by atoms with E-state index in [4.69, 9.17) is 0 Å². The van der Waals surface area contributed by atoms with Crippen LogP contribution in [0.5, 0.6) is 0 Å². The van der Waals surface area contributed by atoms with Crippen LogP contribution in [0.1, 0.15) is 98.0 Å². The second kappa shape index (κ2) is 8.75. The third-order valence-electron chi connectivity index (χ3n) is 5.14. The summed E-state index contributed by atoms with van der Waals surface area (Å²) in [6, 6.07) is 11.2. The minimum Gasteiger partial charge on any atom is -0.0654 e. The monoisotopic (exact) mass is 302 g/mol. The molecule has 1 atom stereocenters. The van der Waals surface area contributed by atoms with Gasteiger partial charge in [-0.3, -0.25) is 0 Å². The molecule has 0 bridgehead atoms. The van der Waals surface area contributed by atoms with Crippen LogP contribution in [0.3, 0.4) is 0 Å². The first kappa shape index (κ1) is 19.3. The Bertz CT molecular complexity index is 399. The highest BCUT2D eigenvalue weighted by Gasteiger charge is 2.30. The molecule has 0 N–H and O–H groups in total. The Labute approximate surface area is 139 Å². The maximum Gasteiger partial charge on any atom is -0.0157 e. The van der Waals surface area contributed by atoms with E-state index in [-0.39, 0.29) is 0 Å². The first-order chi connectivity index (χ1) is 10.3. The fourth-order valence-corrected chi connectivity index (χ4v) is 3.91. The summed E-state index contributed by atoms with van der Waals surface area (Å²) in [7, 11) is 0. The Morgan fingerprint density at radius 1 is 0.864 bits per heavy atom. The molecular formula is C22H38. The molecule has 1 rings (SSSR count). The SMILES string of the molecule is CCCCCC(CC(C)(C)CC(C)(C)CC)c1ccccc1. The molecule has 126 valence electrons. The largest absolute Gasteiger partial charge is 0.0654 e. The second-order valence-corrected chi connectivity index (χ2v) is 8.67. The van der Waals surface area contributed by atoms with Gasteiger partial charge in [-0.1, -0.05) is 97.6 Å². The maximum absolute atomic E-state index is 2.47. The lowest BCUT2D eigenvalue weighted by Gasteiger charge is -2.37. The van der Waals surface area contributed by atoms with Gasteiger partial charge in [-0.05, 0) is 41.6 Å². The fraction of sp³-hybridized carbons (Fsp3) is 0.727. The number of unbranched alkanes of at least 4 members (excludes halogenated alkanes) is 2. The fourth-order valence-electron chi connectivity index (χ4n) is 3.91. The highest BCUT2D eigenvalue weighted by molar-refractivity contribution is 5.19. The van der Waals surface area contributed by atoms with Gasteiger partial charge < -0.3 is 0 Å².